The van der Waals surface area contributed by atoms with Gasteiger partial charge in [0, 0.05) is 0 Å². The van der Waals surface area contributed by atoms with Crippen LogP contribution >= 0.6 is 0 Å². The van der Waals surface area contributed by atoms with Crippen molar-refractivity contribution in [1.82, 2.24) is 0 Å². The molecule has 0 aliphatic rings. The van der Waals surface area contributed by atoms with Crippen LogP contribution in [0.25, 0.3) is 0 Å². The predicted octanol–water partition coefficient (Wildman–Crippen LogP) is 3.48. The molecule has 0 amide bonds. The molecule has 0 aromatic heterocycles. The first-order chi connectivity index (χ1) is 7.58. The summed E-state index contributed by atoms with van der Waals surface area (Å²) in [6, 6.07) is 6.30. The van der Waals surface area contributed by atoms with E-state index in [-0.39, 0.29) is 11.9 Å². The predicted molar refractivity (Wildman–Crippen MR) is 64.8 cm³/mol. The maximum absolute atomic E-state index is 12.6. The second-order valence-electron chi connectivity index (χ2n) is 4.34. The zero-order valence-corrected chi connectivity index (χ0v) is 9.91. The molecule has 16 heavy (non-hydrogen) atoms. The molecular weight excluding hydrogens is 203 g/mol. The molecule has 0 fully saturated rings. The van der Waals surface area contributed by atoms with E-state index in [2.05, 4.69) is 6.08 Å². The number of allylic oxidation sites excluding steroid dienone is 2. The number of aliphatic hydroxyl groups excluding tert-OH is 1. The lowest BCUT2D eigenvalue weighted by Gasteiger charge is -2.09. The summed E-state index contributed by atoms with van der Waals surface area (Å²) < 4.78 is 12.6. The first-order valence-corrected chi connectivity index (χ1v) is 5.64. The van der Waals surface area contributed by atoms with Crippen LogP contribution in [0.5, 0.6) is 0 Å². The molecule has 0 aliphatic carbocycles. The number of hydrogen-bond acceptors (Lipinski definition) is 1. The van der Waals surface area contributed by atoms with Crippen LogP contribution in [0.1, 0.15) is 32.3 Å². The fraction of sp³-hybridized carbons (Fsp3) is 0.429. The highest BCUT2D eigenvalue weighted by molar-refractivity contribution is 5.16. The lowest BCUT2D eigenvalue weighted by atomic mass is 10.0. The van der Waals surface area contributed by atoms with Gasteiger partial charge in [-0.25, -0.2) is 4.39 Å². The van der Waals surface area contributed by atoms with Crippen LogP contribution in [0.2, 0.25) is 0 Å². The average Bonchev–Trinajstić information content (AvgIpc) is 2.21. The monoisotopic (exact) mass is 222 g/mol. The van der Waals surface area contributed by atoms with Gasteiger partial charge in [0.2, 0.25) is 0 Å². The first kappa shape index (κ1) is 12.9. The standard InChI is InChI=1S/C14H19FO/c1-11(2)4-3-5-14(16)10-12-6-8-13(15)9-7-12/h4,6-9,14,16H,3,5,10H2,1-2H3. The molecular formula is C14H19FO. The minimum Gasteiger partial charge on any atom is -0.393 e. The molecule has 0 spiro atoms. The Morgan fingerprint density at radius 2 is 1.94 bits per heavy atom. The molecule has 1 N–H and O–H groups in total. The molecule has 1 unspecified atom stereocenters. The van der Waals surface area contributed by atoms with Crippen LogP contribution in [0, 0.1) is 5.82 Å². The lowest BCUT2D eigenvalue weighted by Crippen LogP contribution is -2.09. The van der Waals surface area contributed by atoms with Crippen molar-refractivity contribution in [3.05, 3.63) is 47.3 Å². The second-order valence-corrected chi connectivity index (χ2v) is 4.34. The van der Waals surface area contributed by atoms with Gasteiger partial charge >= 0.3 is 0 Å². The van der Waals surface area contributed by atoms with E-state index >= 15 is 0 Å². The van der Waals surface area contributed by atoms with Crippen LogP contribution < -0.4 is 0 Å². The Hall–Kier alpha value is -1.15. The van der Waals surface area contributed by atoms with Gasteiger partial charge in [-0.2, -0.15) is 0 Å². The second kappa shape index (κ2) is 6.44. The Kier molecular flexibility index (Phi) is 5.20. The summed E-state index contributed by atoms with van der Waals surface area (Å²) in [5.74, 6) is -0.234. The zero-order chi connectivity index (χ0) is 12.0. The molecule has 2 heteroatoms. The summed E-state index contributed by atoms with van der Waals surface area (Å²) in [7, 11) is 0. The van der Waals surface area contributed by atoms with E-state index in [9.17, 15) is 9.50 Å². The summed E-state index contributed by atoms with van der Waals surface area (Å²) in [6.07, 6.45) is 4.01. The highest BCUT2D eigenvalue weighted by Crippen LogP contribution is 2.09. The number of rotatable bonds is 5. The lowest BCUT2D eigenvalue weighted by molar-refractivity contribution is 0.166. The Morgan fingerprint density at radius 1 is 1.31 bits per heavy atom. The molecule has 1 nitrogen and oxygen atoms in total. The Morgan fingerprint density at radius 3 is 2.50 bits per heavy atom. The number of hydrogen-bond donors (Lipinski definition) is 1. The molecule has 0 radical (unpaired) electrons. The highest BCUT2D eigenvalue weighted by atomic mass is 19.1. The van der Waals surface area contributed by atoms with Crippen molar-refractivity contribution in [3.63, 3.8) is 0 Å². The third-order valence-electron chi connectivity index (χ3n) is 2.44. The normalized spacial score (nSPS) is 12.2. The Labute approximate surface area is 96.6 Å². The largest absolute Gasteiger partial charge is 0.393 e. The van der Waals surface area contributed by atoms with Crippen LogP contribution in [-0.4, -0.2) is 11.2 Å². The first-order valence-electron chi connectivity index (χ1n) is 5.64. The molecule has 1 rings (SSSR count). The van der Waals surface area contributed by atoms with Gasteiger partial charge in [-0.1, -0.05) is 23.8 Å². The molecule has 0 heterocycles. The summed E-state index contributed by atoms with van der Waals surface area (Å²) in [4.78, 5) is 0. The molecule has 88 valence electrons. The van der Waals surface area contributed by atoms with Crippen LogP contribution in [0.4, 0.5) is 4.39 Å². The van der Waals surface area contributed by atoms with Gasteiger partial charge < -0.3 is 5.11 Å². The van der Waals surface area contributed by atoms with E-state index in [4.69, 9.17) is 0 Å². The topological polar surface area (TPSA) is 20.2 Å². The maximum Gasteiger partial charge on any atom is 0.123 e. The Balaban J connectivity index is 2.36. The fourth-order valence-electron chi connectivity index (χ4n) is 1.56. The van der Waals surface area contributed by atoms with Crippen molar-refractivity contribution in [1.29, 1.82) is 0 Å². The summed E-state index contributed by atoms with van der Waals surface area (Å²) in [5, 5.41) is 9.76. The van der Waals surface area contributed by atoms with Gasteiger partial charge in [-0.05, 0) is 50.8 Å². The van der Waals surface area contributed by atoms with E-state index in [1.165, 1.54) is 17.7 Å². The third kappa shape index (κ3) is 5.08. The van der Waals surface area contributed by atoms with Crippen LogP contribution in [0.15, 0.2) is 35.9 Å². The minimum absolute atomic E-state index is 0.234. The van der Waals surface area contributed by atoms with Gasteiger partial charge in [0.15, 0.2) is 0 Å². The quantitative estimate of drug-likeness (QED) is 0.756. The number of aliphatic hydroxyl groups is 1. The van der Waals surface area contributed by atoms with E-state index in [1.54, 1.807) is 12.1 Å². The van der Waals surface area contributed by atoms with E-state index < -0.39 is 0 Å². The molecule has 0 aliphatic heterocycles. The van der Waals surface area contributed by atoms with Crippen molar-refractivity contribution >= 4 is 0 Å². The van der Waals surface area contributed by atoms with Crippen molar-refractivity contribution < 1.29 is 9.50 Å². The number of halogens is 1. The van der Waals surface area contributed by atoms with Crippen molar-refractivity contribution in [2.45, 2.75) is 39.2 Å². The molecule has 1 atom stereocenters. The average molecular weight is 222 g/mol. The van der Waals surface area contributed by atoms with E-state index in [1.807, 2.05) is 13.8 Å². The van der Waals surface area contributed by atoms with Gasteiger partial charge in [0.05, 0.1) is 6.10 Å². The van der Waals surface area contributed by atoms with Crippen molar-refractivity contribution in [3.8, 4) is 0 Å². The SMILES string of the molecule is CC(C)=CCCC(O)Cc1ccc(F)cc1. The van der Waals surface area contributed by atoms with Gasteiger partial charge in [-0.3, -0.25) is 0 Å². The zero-order valence-electron chi connectivity index (χ0n) is 9.91. The molecule has 0 bridgehead atoms. The van der Waals surface area contributed by atoms with Gasteiger partial charge in [0.25, 0.3) is 0 Å². The third-order valence-corrected chi connectivity index (χ3v) is 2.44. The van der Waals surface area contributed by atoms with Crippen LogP contribution in [0.3, 0.4) is 0 Å². The van der Waals surface area contributed by atoms with E-state index in [0.29, 0.717) is 6.42 Å². The maximum atomic E-state index is 12.6. The minimum atomic E-state index is -0.346. The van der Waals surface area contributed by atoms with Crippen LogP contribution in [-0.2, 0) is 6.42 Å². The van der Waals surface area contributed by atoms with Gasteiger partial charge in [-0.15, -0.1) is 0 Å². The number of benzene rings is 1. The highest BCUT2D eigenvalue weighted by Gasteiger charge is 2.04. The summed E-state index contributed by atoms with van der Waals surface area (Å²) in [6.45, 7) is 4.10. The molecule has 0 saturated carbocycles. The summed E-state index contributed by atoms with van der Waals surface area (Å²) >= 11 is 0. The fourth-order valence-corrected chi connectivity index (χ4v) is 1.56. The molecule has 1 aromatic carbocycles. The molecule has 0 saturated heterocycles. The summed E-state index contributed by atoms with van der Waals surface area (Å²) in [5.41, 5.74) is 2.25. The van der Waals surface area contributed by atoms with Crippen molar-refractivity contribution in [2.24, 2.45) is 0 Å². The molecule has 1 aromatic rings. The smallest absolute Gasteiger partial charge is 0.123 e. The van der Waals surface area contributed by atoms with E-state index in [0.717, 1.165) is 18.4 Å². The van der Waals surface area contributed by atoms with Crippen molar-refractivity contribution in [2.75, 3.05) is 0 Å². The van der Waals surface area contributed by atoms with Gasteiger partial charge in [0.1, 0.15) is 5.82 Å². The Bertz CT molecular complexity index is 336.